The minimum atomic E-state index is -0.729. The SMILES string of the molecule is Cn1nnnc1C1(N)CCCN(C(=O)OC(C)(C)C)C1. The molecule has 2 rings (SSSR count). The Labute approximate surface area is 118 Å². The maximum absolute atomic E-state index is 12.1. The van der Waals surface area contributed by atoms with Gasteiger partial charge in [-0.1, -0.05) is 0 Å². The van der Waals surface area contributed by atoms with E-state index in [1.165, 1.54) is 0 Å². The summed E-state index contributed by atoms with van der Waals surface area (Å²) >= 11 is 0. The van der Waals surface area contributed by atoms with E-state index in [0.29, 0.717) is 18.9 Å². The Balaban J connectivity index is 2.13. The van der Waals surface area contributed by atoms with Gasteiger partial charge in [-0.2, -0.15) is 0 Å². The van der Waals surface area contributed by atoms with Gasteiger partial charge in [-0.3, -0.25) is 0 Å². The van der Waals surface area contributed by atoms with E-state index in [0.717, 1.165) is 12.8 Å². The summed E-state index contributed by atoms with van der Waals surface area (Å²) in [4.78, 5) is 13.8. The third-order valence-corrected chi connectivity index (χ3v) is 3.24. The lowest BCUT2D eigenvalue weighted by Crippen LogP contribution is -2.55. The number of aryl methyl sites for hydroxylation is 1. The Morgan fingerprint density at radius 1 is 1.45 bits per heavy atom. The van der Waals surface area contributed by atoms with Crippen LogP contribution < -0.4 is 5.73 Å². The van der Waals surface area contributed by atoms with Crippen molar-refractivity contribution in [1.82, 2.24) is 25.1 Å². The summed E-state index contributed by atoms with van der Waals surface area (Å²) in [7, 11) is 1.75. The van der Waals surface area contributed by atoms with Crippen molar-refractivity contribution in [2.45, 2.75) is 44.8 Å². The maximum Gasteiger partial charge on any atom is 0.410 e. The Morgan fingerprint density at radius 2 is 2.15 bits per heavy atom. The summed E-state index contributed by atoms with van der Waals surface area (Å²) in [6.07, 6.45) is 1.19. The van der Waals surface area contributed by atoms with E-state index < -0.39 is 11.1 Å². The van der Waals surface area contributed by atoms with Crippen molar-refractivity contribution < 1.29 is 9.53 Å². The van der Waals surface area contributed by atoms with Gasteiger partial charge in [0.05, 0.1) is 5.54 Å². The number of hydrogen-bond acceptors (Lipinski definition) is 6. The van der Waals surface area contributed by atoms with E-state index in [1.54, 1.807) is 16.6 Å². The summed E-state index contributed by atoms with van der Waals surface area (Å²) in [6, 6.07) is 0. The molecule has 0 spiro atoms. The fourth-order valence-electron chi connectivity index (χ4n) is 2.40. The van der Waals surface area contributed by atoms with Crippen molar-refractivity contribution in [3.63, 3.8) is 0 Å². The number of tetrazole rings is 1. The summed E-state index contributed by atoms with van der Waals surface area (Å²) in [5, 5.41) is 11.4. The molecular weight excluding hydrogens is 260 g/mol. The normalized spacial score (nSPS) is 23.8. The van der Waals surface area contributed by atoms with Crippen molar-refractivity contribution in [3.8, 4) is 0 Å². The van der Waals surface area contributed by atoms with Crippen LogP contribution in [-0.2, 0) is 17.3 Å². The monoisotopic (exact) mass is 282 g/mol. The van der Waals surface area contributed by atoms with Gasteiger partial charge in [-0.05, 0) is 44.0 Å². The molecule has 2 N–H and O–H groups in total. The first-order valence-electron chi connectivity index (χ1n) is 6.71. The molecule has 0 saturated carbocycles. The first-order valence-corrected chi connectivity index (χ1v) is 6.71. The number of carbonyl (C=O) groups is 1. The van der Waals surface area contributed by atoms with Gasteiger partial charge in [0.25, 0.3) is 0 Å². The average molecular weight is 282 g/mol. The Morgan fingerprint density at radius 3 is 2.70 bits per heavy atom. The van der Waals surface area contributed by atoms with Crippen LogP contribution in [0.5, 0.6) is 0 Å². The number of nitrogens with two attached hydrogens (primary N) is 1. The molecule has 20 heavy (non-hydrogen) atoms. The topological polar surface area (TPSA) is 99.2 Å². The number of piperidine rings is 1. The van der Waals surface area contributed by atoms with Gasteiger partial charge >= 0.3 is 6.09 Å². The Kier molecular flexibility index (Phi) is 3.68. The summed E-state index contributed by atoms with van der Waals surface area (Å²) in [5.74, 6) is 0.589. The second-order valence-electron chi connectivity index (χ2n) is 6.29. The molecule has 1 atom stereocenters. The van der Waals surface area contributed by atoms with Crippen LogP contribution in [0, 0.1) is 0 Å². The van der Waals surface area contributed by atoms with E-state index in [-0.39, 0.29) is 6.09 Å². The molecule has 112 valence electrons. The van der Waals surface area contributed by atoms with Crippen LogP contribution in [0.3, 0.4) is 0 Å². The van der Waals surface area contributed by atoms with E-state index in [9.17, 15) is 4.79 Å². The fraction of sp³-hybridized carbons (Fsp3) is 0.833. The predicted molar refractivity (Wildman–Crippen MR) is 71.7 cm³/mol. The third-order valence-electron chi connectivity index (χ3n) is 3.24. The number of amides is 1. The highest BCUT2D eigenvalue weighted by Gasteiger charge is 2.40. The molecule has 0 radical (unpaired) electrons. The molecule has 2 heterocycles. The minimum absolute atomic E-state index is 0.345. The van der Waals surface area contributed by atoms with Crippen molar-refractivity contribution in [3.05, 3.63) is 5.82 Å². The van der Waals surface area contributed by atoms with Gasteiger partial charge in [0.15, 0.2) is 5.82 Å². The second-order valence-corrected chi connectivity index (χ2v) is 6.29. The zero-order valence-electron chi connectivity index (χ0n) is 12.5. The quantitative estimate of drug-likeness (QED) is 0.800. The van der Waals surface area contributed by atoms with Crippen molar-refractivity contribution in [1.29, 1.82) is 0 Å². The van der Waals surface area contributed by atoms with Crippen molar-refractivity contribution in [2.24, 2.45) is 12.8 Å². The van der Waals surface area contributed by atoms with E-state index >= 15 is 0 Å². The van der Waals surface area contributed by atoms with E-state index in [2.05, 4.69) is 15.5 Å². The van der Waals surface area contributed by atoms with Gasteiger partial charge in [-0.25, -0.2) is 9.48 Å². The molecule has 8 nitrogen and oxygen atoms in total. The predicted octanol–water partition coefficient (Wildman–Crippen LogP) is 0.395. The van der Waals surface area contributed by atoms with E-state index in [4.69, 9.17) is 10.5 Å². The molecule has 1 amide bonds. The third kappa shape index (κ3) is 3.06. The van der Waals surface area contributed by atoms with Crippen LogP contribution in [-0.4, -0.2) is 49.9 Å². The van der Waals surface area contributed by atoms with Crippen molar-refractivity contribution >= 4 is 6.09 Å². The first-order chi connectivity index (χ1) is 9.21. The van der Waals surface area contributed by atoms with Crippen LogP contribution in [0.4, 0.5) is 4.79 Å². The molecule has 0 bridgehead atoms. The molecule has 1 aliphatic rings. The van der Waals surface area contributed by atoms with Gasteiger partial charge < -0.3 is 15.4 Å². The highest BCUT2D eigenvalue weighted by Crippen LogP contribution is 2.27. The molecule has 1 aliphatic heterocycles. The lowest BCUT2D eigenvalue weighted by Gasteiger charge is -2.39. The van der Waals surface area contributed by atoms with E-state index in [1.807, 2.05) is 20.8 Å². The average Bonchev–Trinajstić information content (AvgIpc) is 2.74. The number of carbonyl (C=O) groups excluding carboxylic acids is 1. The smallest absolute Gasteiger partial charge is 0.410 e. The zero-order chi connectivity index (χ0) is 15.0. The molecule has 1 saturated heterocycles. The Hall–Kier alpha value is -1.70. The molecule has 0 aromatic carbocycles. The zero-order valence-corrected chi connectivity index (χ0v) is 12.5. The lowest BCUT2D eigenvalue weighted by molar-refractivity contribution is 0.0128. The highest BCUT2D eigenvalue weighted by molar-refractivity contribution is 5.68. The summed E-state index contributed by atoms with van der Waals surface area (Å²) in [5.41, 5.74) is 5.16. The number of likely N-dealkylation sites (tertiary alicyclic amines) is 1. The van der Waals surface area contributed by atoms with Gasteiger partial charge in [0, 0.05) is 20.1 Å². The molecule has 8 heteroatoms. The summed E-state index contributed by atoms with van der Waals surface area (Å²) in [6.45, 7) is 6.53. The van der Waals surface area contributed by atoms with Crippen LogP contribution in [0.15, 0.2) is 0 Å². The van der Waals surface area contributed by atoms with Gasteiger partial charge in [-0.15, -0.1) is 5.10 Å². The minimum Gasteiger partial charge on any atom is -0.444 e. The lowest BCUT2D eigenvalue weighted by atomic mass is 9.89. The van der Waals surface area contributed by atoms with Crippen molar-refractivity contribution in [2.75, 3.05) is 13.1 Å². The molecule has 1 unspecified atom stereocenters. The molecule has 1 aromatic heterocycles. The second kappa shape index (κ2) is 5.01. The molecular formula is C12H22N6O2. The first kappa shape index (κ1) is 14.7. The largest absolute Gasteiger partial charge is 0.444 e. The number of nitrogens with zero attached hydrogens (tertiary/aromatic N) is 5. The van der Waals surface area contributed by atoms with Crippen LogP contribution in [0.1, 0.15) is 39.4 Å². The van der Waals surface area contributed by atoms with Crippen LogP contribution in [0.25, 0.3) is 0 Å². The fourth-order valence-corrected chi connectivity index (χ4v) is 2.40. The van der Waals surface area contributed by atoms with Gasteiger partial charge in [0.2, 0.25) is 0 Å². The number of rotatable bonds is 1. The summed E-state index contributed by atoms with van der Waals surface area (Å²) < 4.78 is 6.95. The van der Waals surface area contributed by atoms with Crippen LogP contribution in [0.2, 0.25) is 0 Å². The van der Waals surface area contributed by atoms with Gasteiger partial charge in [0.1, 0.15) is 5.60 Å². The number of aromatic nitrogens is 4. The standard InChI is InChI=1S/C12H22N6O2/c1-11(2,3)20-10(19)18-7-5-6-12(13,8-18)9-14-15-16-17(9)4/h5-8,13H2,1-4H3. The number of ether oxygens (including phenoxy) is 1. The molecule has 1 aromatic rings. The maximum atomic E-state index is 12.1. The van der Waals surface area contributed by atoms with Crippen LogP contribution >= 0.6 is 0 Å². The molecule has 0 aliphatic carbocycles. The highest BCUT2D eigenvalue weighted by atomic mass is 16.6. The number of hydrogen-bond donors (Lipinski definition) is 1. The Bertz CT molecular complexity index is 494. The molecule has 1 fully saturated rings.